The Hall–Kier alpha value is -2.32. The van der Waals surface area contributed by atoms with E-state index in [2.05, 4.69) is 4.72 Å². The number of anilines is 1. The number of ether oxygens (including phenoxy) is 1. The van der Waals surface area contributed by atoms with Crippen molar-refractivity contribution in [3.8, 4) is 5.75 Å². The molecule has 0 heterocycles. The van der Waals surface area contributed by atoms with E-state index in [0.717, 1.165) is 17.7 Å². The zero-order valence-electron chi connectivity index (χ0n) is 12.2. The molecule has 0 amide bonds. The van der Waals surface area contributed by atoms with Crippen molar-refractivity contribution in [3.05, 3.63) is 57.1 Å². The number of hydrogen-bond donors (Lipinski definition) is 1. The molecule has 0 saturated carbocycles. The minimum Gasteiger partial charge on any atom is -0.495 e. The van der Waals surface area contributed by atoms with Gasteiger partial charge in [0.2, 0.25) is 0 Å². The van der Waals surface area contributed by atoms with Crippen molar-refractivity contribution in [3.63, 3.8) is 0 Å². The molecule has 23 heavy (non-hydrogen) atoms. The highest BCUT2D eigenvalue weighted by molar-refractivity contribution is 7.92. The molecule has 0 aliphatic rings. The van der Waals surface area contributed by atoms with Gasteiger partial charge in [-0.1, -0.05) is 17.7 Å². The second kappa shape index (κ2) is 6.43. The number of non-ortho nitro benzene ring substituents is 1. The number of aryl methyl sites for hydroxylation is 1. The summed E-state index contributed by atoms with van der Waals surface area (Å²) in [6, 6.07) is 8.17. The molecule has 0 fully saturated rings. The molecular formula is C14H13ClN2O5S. The minimum atomic E-state index is -4.12. The van der Waals surface area contributed by atoms with Crippen LogP contribution in [0, 0.1) is 17.0 Å². The van der Waals surface area contributed by atoms with Crippen molar-refractivity contribution in [1.82, 2.24) is 0 Å². The summed E-state index contributed by atoms with van der Waals surface area (Å²) >= 11 is 5.88. The summed E-state index contributed by atoms with van der Waals surface area (Å²) in [5, 5.41) is 10.7. The summed E-state index contributed by atoms with van der Waals surface area (Å²) < 4.78 is 32.5. The second-order valence-corrected chi connectivity index (χ2v) is 6.74. The van der Waals surface area contributed by atoms with Crippen molar-refractivity contribution in [2.75, 3.05) is 11.8 Å². The van der Waals surface area contributed by atoms with E-state index in [4.69, 9.17) is 16.3 Å². The zero-order chi connectivity index (χ0) is 17.2. The number of nitro benzene ring substituents is 1. The van der Waals surface area contributed by atoms with E-state index in [-0.39, 0.29) is 21.3 Å². The molecule has 0 radical (unpaired) electrons. The van der Waals surface area contributed by atoms with Crippen LogP contribution >= 0.6 is 11.6 Å². The molecule has 2 aromatic carbocycles. The molecule has 0 bridgehead atoms. The third-order valence-electron chi connectivity index (χ3n) is 3.01. The summed E-state index contributed by atoms with van der Waals surface area (Å²) in [6.45, 7) is 1.79. The van der Waals surface area contributed by atoms with Gasteiger partial charge in [0.1, 0.15) is 10.6 Å². The number of nitrogens with zero attached hydrogens (tertiary/aromatic N) is 1. The van der Waals surface area contributed by atoms with E-state index in [1.54, 1.807) is 25.1 Å². The number of rotatable bonds is 5. The molecule has 1 N–H and O–H groups in total. The predicted octanol–water partition coefficient (Wildman–Crippen LogP) is 3.37. The summed E-state index contributed by atoms with van der Waals surface area (Å²) in [5.41, 5.74) is 0.662. The number of benzene rings is 2. The third kappa shape index (κ3) is 3.72. The Morgan fingerprint density at radius 3 is 2.52 bits per heavy atom. The van der Waals surface area contributed by atoms with Gasteiger partial charge in [0.25, 0.3) is 15.7 Å². The van der Waals surface area contributed by atoms with Crippen LogP contribution in [0.3, 0.4) is 0 Å². The first kappa shape index (κ1) is 17.0. The monoisotopic (exact) mass is 356 g/mol. The van der Waals surface area contributed by atoms with E-state index in [9.17, 15) is 18.5 Å². The van der Waals surface area contributed by atoms with E-state index >= 15 is 0 Å². The van der Waals surface area contributed by atoms with Gasteiger partial charge in [-0.3, -0.25) is 14.8 Å². The molecule has 0 aromatic heterocycles. The SMILES string of the molecule is COc1ccc(C)cc1NS(=O)(=O)c1cc([N+](=O)[O-])ccc1Cl. The lowest BCUT2D eigenvalue weighted by molar-refractivity contribution is -0.385. The Kier molecular flexibility index (Phi) is 4.76. The Bertz CT molecular complexity index is 867. The molecular weight excluding hydrogens is 344 g/mol. The van der Waals surface area contributed by atoms with Gasteiger partial charge in [-0.25, -0.2) is 8.42 Å². The molecule has 122 valence electrons. The lowest BCUT2D eigenvalue weighted by Gasteiger charge is -2.13. The fourth-order valence-corrected chi connectivity index (χ4v) is 3.49. The minimum absolute atomic E-state index is 0.116. The molecule has 0 atom stereocenters. The maximum atomic E-state index is 12.5. The molecule has 2 rings (SSSR count). The molecule has 0 saturated heterocycles. The van der Waals surface area contributed by atoms with Crippen molar-refractivity contribution in [1.29, 1.82) is 0 Å². The number of sulfonamides is 1. The van der Waals surface area contributed by atoms with Gasteiger partial charge in [0.15, 0.2) is 0 Å². The average molecular weight is 357 g/mol. The Balaban J connectivity index is 2.50. The number of nitro groups is 1. The van der Waals surface area contributed by atoms with Gasteiger partial charge < -0.3 is 4.74 Å². The lowest BCUT2D eigenvalue weighted by Crippen LogP contribution is -2.14. The van der Waals surface area contributed by atoms with Crippen LogP contribution in [0.25, 0.3) is 0 Å². The molecule has 0 aliphatic heterocycles. The first-order valence-corrected chi connectivity index (χ1v) is 8.22. The third-order valence-corrected chi connectivity index (χ3v) is 4.86. The summed E-state index contributed by atoms with van der Waals surface area (Å²) in [6.07, 6.45) is 0. The van der Waals surface area contributed by atoms with Gasteiger partial charge >= 0.3 is 0 Å². The molecule has 2 aromatic rings. The molecule has 0 aliphatic carbocycles. The van der Waals surface area contributed by atoms with E-state index < -0.39 is 14.9 Å². The van der Waals surface area contributed by atoms with E-state index in [0.29, 0.717) is 5.75 Å². The predicted molar refractivity (Wildman–Crippen MR) is 86.6 cm³/mol. The maximum absolute atomic E-state index is 12.5. The van der Waals surface area contributed by atoms with Crippen LogP contribution < -0.4 is 9.46 Å². The van der Waals surface area contributed by atoms with Gasteiger partial charge in [-0.15, -0.1) is 0 Å². The number of nitrogens with one attached hydrogen (secondary N) is 1. The van der Waals surface area contributed by atoms with Crippen LogP contribution in [0.4, 0.5) is 11.4 Å². The quantitative estimate of drug-likeness (QED) is 0.654. The average Bonchev–Trinajstić information content (AvgIpc) is 2.47. The normalized spacial score (nSPS) is 11.1. The van der Waals surface area contributed by atoms with Crippen molar-refractivity contribution in [2.45, 2.75) is 11.8 Å². The van der Waals surface area contributed by atoms with Crippen molar-refractivity contribution >= 4 is 33.0 Å². The smallest absolute Gasteiger partial charge is 0.270 e. The van der Waals surface area contributed by atoms with Crippen LogP contribution in [-0.2, 0) is 10.0 Å². The number of halogens is 1. The van der Waals surface area contributed by atoms with Crippen LogP contribution in [0.1, 0.15) is 5.56 Å². The van der Waals surface area contributed by atoms with Crippen LogP contribution in [-0.4, -0.2) is 20.5 Å². The molecule has 0 spiro atoms. The zero-order valence-corrected chi connectivity index (χ0v) is 13.8. The van der Waals surface area contributed by atoms with Crippen molar-refractivity contribution < 1.29 is 18.1 Å². The largest absolute Gasteiger partial charge is 0.495 e. The summed E-state index contributed by atoms with van der Waals surface area (Å²) in [5.74, 6) is 0.320. The lowest BCUT2D eigenvalue weighted by atomic mass is 10.2. The fourth-order valence-electron chi connectivity index (χ4n) is 1.91. The highest BCUT2D eigenvalue weighted by atomic mass is 35.5. The second-order valence-electron chi connectivity index (χ2n) is 4.68. The maximum Gasteiger partial charge on any atom is 0.270 e. The highest BCUT2D eigenvalue weighted by Gasteiger charge is 2.23. The Labute approximate surface area is 138 Å². The van der Waals surface area contributed by atoms with Crippen LogP contribution in [0.5, 0.6) is 5.75 Å². The van der Waals surface area contributed by atoms with Crippen molar-refractivity contribution in [2.24, 2.45) is 0 Å². The van der Waals surface area contributed by atoms with Crippen LogP contribution in [0.15, 0.2) is 41.3 Å². The highest BCUT2D eigenvalue weighted by Crippen LogP contribution is 2.31. The molecule has 9 heteroatoms. The Morgan fingerprint density at radius 1 is 1.22 bits per heavy atom. The van der Waals surface area contributed by atoms with E-state index in [1.165, 1.54) is 13.2 Å². The van der Waals surface area contributed by atoms with Gasteiger partial charge in [-0.05, 0) is 30.7 Å². The first-order valence-electron chi connectivity index (χ1n) is 6.36. The first-order chi connectivity index (χ1) is 10.7. The van der Waals surface area contributed by atoms with Crippen LogP contribution in [0.2, 0.25) is 5.02 Å². The Morgan fingerprint density at radius 2 is 1.91 bits per heavy atom. The number of hydrogen-bond acceptors (Lipinski definition) is 5. The topological polar surface area (TPSA) is 98.5 Å². The van der Waals surface area contributed by atoms with Gasteiger partial charge in [0, 0.05) is 12.1 Å². The molecule has 0 unspecified atom stereocenters. The fraction of sp³-hybridized carbons (Fsp3) is 0.143. The van der Waals surface area contributed by atoms with Gasteiger partial charge in [-0.2, -0.15) is 0 Å². The number of methoxy groups -OCH3 is 1. The molecule has 7 nitrogen and oxygen atoms in total. The standard InChI is InChI=1S/C14H13ClN2O5S/c1-9-3-6-13(22-2)12(7-9)16-23(20,21)14-8-10(17(18)19)4-5-11(14)15/h3-8,16H,1-2H3. The summed E-state index contributed by atoms with van der Waals surface area (Å²) in [4.78, 5) is 9.75. The van der Waals surface area contributed by atoms with E-state index in [1.807, 2.05) is 0 Å². The summed E-state index contributed by atoms with van der Waals surface area (Å²) in [7, 11) is -2.71. The van der Waals surface area contributed by atoms with Gasteiger partial charge in [0.05, 0.1) is 22.7 Å².